The molecule has 0 aromatic heterocycles. The summed E-state index contributed by atoms with van der Waals surface area (Å²) in [5.41, 5.74) is 1.12. The maximum atomic E-state index is 12.3. The fraction of sp³-hybridized carbons (Fsp3) is 0. The molecule has 0 aliphatic rings. The van der Waals surface area contributed by atoms with Gasteiger partial charge >= 0.3 is 10.1 Å². The van der Waals surface area contributed by atoms with Crippen LogP contribution in [0, 0.1) is 0 Å². The molecule has 1 N–H and O–H groups in total. The molecule has 0 atom stereocenters. The zero-order valence-electron chi connectivity index (χ0n) is 14.2. The summed E-state index contributed by atoms with van der Waals surface area (Å²) in [6.07, 6.45) is 0. The molecule has 10 heteroatoms. The van der Waals surface area contributed by atoms with Crippen LogP contribution in [-0.2, 0) is 20.2 Å². The van der Waals surface area contributed by atoms with Crippen molar-refractivity contribution in [1.82, 2.24) is 0 Å². The molecule has 0 saturated heterocycles. The first-order valence-corrected chi connectivity index (χ1v) is 10.7. The standard InChI is InChI=1S/C18H14N2O6S2/c21-27(22,23)17-12-8-16(9-13-17)26-28(24,25)18-10-6-15(7-11-18)20-19-14-4-2-1-3-5-14/h1-13H,(H,21,22,23)/b20-19+. The summed E-state index contributed by atoms with van der Waals surface area (Å²) in [7, 11) is -8.50. The Morgan fingerprint density at radius 3 is 1.68 bits per heavy atom. The van der Waals surface area contributed by atoms with E-state index >= 15 is 0 Å². The van der Waals surface area contributed by atoms with Crippen molar-refractivity contribution < 1.29 is 25.6 Å². The molecule has 0 fully saturated rings. The summed E-state index contributed by atoms with van der Waals surface area (Å²) in [5, 5.41) is 8.06. The van der Waals surface area contributed by atoms with Gasteiger partial charge in [-0.05, 0) is 60.7 Å². The highest BCUT2D eigenvalue weighted by molar-refractivity contribution is 7.87. The molecule has 0 bridgehead atoms. The minimum absolute atomic E-state index is 0.0970. The summed E-state index contributed by atoms with van der Waals surface area (Å²) in [4.78, 5) is -0.476. The Hall–Kier alpha value is -3.08. The first-order valence-electron chi connectivity index (χ1n) is 7.83. The molecule has 8 nitrogen and oxygen atoms in total. The van der Waals surface area contributed by atoms with E-state index in [1.54, 1.807) is 12.1 Å². The average Bonchev–Trinajstić information content (AvgIpc) is 2.67. The van der Waals surface area contributed by atoms with Gasteiger partial charge in [-0.25, -0.2) is 0 Å². The lowest BCUT2D eigenvalue weighted by molar-refractivity contribution is 0.482. The average molecular weight is 418 g/mol. The molecule has 0 heterocycles. The van der Waals surface area contributed by atoms with Crippen LogP contribution in [0.15, 0.2) is 98.9 Å². The van der Waals surface area contributed by atoms with E-state index in [0.717, 1.165) is 24.3 Å². The van der Waals surface area contributed by atoms with Crippen LogP contribution < -0.4 is 4.18 Å². The molecule has 0 aliphatic carbocycles. The topological polar surface area (TPSA) is 122 Å². The third-order valence-electron chi connectivity index (χ3n) is 3.49. The molecule has 0 aliphatic heterocycles. The highest BCUT2D eigenvalue weighted by Gasteiger charge is 2.17. The molecule has 3 rings (SSSR count). The van der Waals surface area contributed by atoms with Crippen LogP contribution in [0.3, 0.4) is 0 Å². The fourth-order valence-corrected chi connectivity index (χ4v) is 3.54. The summed E-state index contributed by atoms with van der Waals surface area (Å²) >= 11 is 0. The smallest absolute Gasteiger partial charge is 0.339 e. The van der Waals surface area contributed by atoms with E-state index in [2.05, 4.69) is 10.2 Å². The Balaban J connectivity index is 1.74. The highest BCUT2D eigenvalue weighted by Crippen LogP contribution is 2.23. The normalized spacial score (nSPS) is 12.2. The maximum Gasteiger partial charge on any atom is 0.339 e. The number of hydrogen-bond donors (Lipinski definition) is 1. The Morgan fingerprint density at radius 1 is 0.643 bits per heavy atom. The van der Waals surface area contributed by atoms with Crippen LogP contribution in [0.25, 0.3) is 0 Å². The fourth-order valence-electron chi connectivity index (χ4n) is 2.13. The lowest BCUT2D eigenvalue weighted by atomic mass is 10.3. The number of rotatable bonds is 6. The van der Waals surface area contributed by atoms with E-state index in [-0.39, 0.29) is 15.5 Å². The summed E-state index contributed by atoms with van der Waals surface area (Å²) in [6, 6.07) is 19.0. The second-order valence-corrected chi connectivity index (χ2v) is 8.48. The minimum Gasteiger partial charge on any atom is -0.379 e. The van der Waals surface area contributed by atoms with Crippen molar-refractivity contribution in [2.45, 2.75) is 9.79 Å². The molecule has 144 valence electrons. The lowest BCUT2D eigenvalue weighted by Gasteiger charge is -2.07. The third kappa shape index (κ3) is 5.00. The Bertz CT molecular complexity index is 1190. The van der Waals surface area contributed by atoms with Gasteiger partial charge in [-0.15, -0.1) is 0 Å². The van der Waals surface area contributed by atoms with E-state index in [9.17, 15) is 16.8 Å². The van der Waals surface area contributed by atoms with Gasteiger partial charge in [0.05, 0.1) is 16.3 Å². The Morgan fingerprint density at radius 2 is 1.14 bits per heavy atom. The van der Waals surface area contributed by atoms with Gasteiger partial charge in [0, 0.05) is 0 Å². The van der Waals surface area contributed by atoms with Crippen LogP contribution in [0.5, 0.6) is 5.75 Å². The van der Waals surface area contributed by atoms with Gasteiger partial charge in [-0.2, -0.15) is 27.1 Å². The van der Waals surface area contributed by atoms with Gasteiger partial charge in [-0.3, -0.25) is 4.55 Å². The lowest BCUT2D eigenvalue weighted by Crippen LogP contribution is -2.09. The van der Waals surface area contributed by atoms with Crippen LogP contribution in [0.2, 0.25) is 0 Å². The van der Waals surface area contributed by atoms with E-state index in [1.807, 2.05) is 18.2 Å². The first kappa shape index (κ1) is 19.7. The molecule has 0 unspecified atom stereocenters. The molecule has 28 heavy (non-hydrogen) atoms. The quantitative estimate of drug-likeness (QED) is 0.365. The molecule has 0 spiro atoms. The second-order valence-electron chi connectivity index (χ2n) is 5.51. The maximum absolute atomic E-state index is 12.3. The largest absolute Gasteiger partial charge is 0.379 e. The van der Waals surface area contributed by atoms with E-state index in [4.69, 9.17) is 8.74 Å². The molecule has 0 saturated carbocycles. The van der Waals surface area contributed by atoms with Crippen molar-refractivity contribution in [3.05, 3.63) is 78.9 Å². The SMILES string of the molecule is O=S(=O)(O)c1ccc(OS(=O)(=O)c2ccc(/N=N/c3ccccc3)cc2)cc1. The Labute approximate surface area is 162 Å². The molecular weight excluding hydrogens is 404 g/mol. The first-order chi connectivity index (χ1) is 13.2. The molecular formula is C18H14N2O6S2. The van der Waals surface area contributed by atoms with Crippen LogP contribution in [0.1, 0.15) is 0 Å². The Kier molecular flexibility index (Phi) is 5.54. The number of nitrogens with zero attached hydrogens (tertiary/aromatic N) is 2. The van der Waals surface area contributed by atoms with Gasteiger partial charge in [0.15, 0.2) is 0 Å². The molecule has 3 aromatic rings. The van der Waals surface area contributed by atoms with Gasteiger partial charge in [0.2, 0.25) is 0 Å². The monoisotopic (exact) mass is 418 g/mol. The van der Waals surface area contributed by atoms with Crippen molar-refractivity contribution in [3.8, 4) is 5.75 Å². The molecule has 3 aromatic carbocycles. The van der Waals surface area contributed by atoms with Crippen molar-refractivity contribution in [2.75, 3.05) is 0 Å². The van der Waals surface area contributed by atoms with Crippen molar-refractivity contribution in [1.29, 1.82) is 0 Å². The van der Waals surface area contributed by atoms with Gasteiger partial charge in [-0.1, -0.05) is 18.2 Å². The highest BCUT2D eigenvalue weighted by atomic mass is 32.2. The van der Waals surface area contributed by atoms with Crippen molar-refractivity contribution >= 4 is 31.6 Å². The predicted octanol–water partition coefficient (Wildman–Crippen LogP) is 4.12. The second kappa shape index (κ2) is 7.89. The minimum atomic E-state index is -4.37. The van der Waals surface area contributed by atoms with Crippen LogP contribution in [0.4, 0.5) is 11.4 Å². The summed E-state index contributed by atoms with van der Waals surface area (Å²) in [5.74, 6) is -0.0970. The van der Waals surface area contributed by atoms with Gasteiger partial charge < -0.3 is 4.18 Å². The third-order valence-corrected chi connectivity index (χ3v) is 5.62. The van der Waals surface area contributed by atoms with Crippen molar-refractivity contribution in [2.24, 2.45) is 10.2 Å². The van der Waals surface area contributed by atoms with Crippen LogP contribution in [-0.4, -0.2) is 21.4 Å². The van der Waals surface area contributed by atoms with Crippen molar-refractivity contribution in [3.63, 3.8) is 0 Å². The zero-order chi connectivity index (χ0) is 20.2. The van der Waals surface area contributed by atoms with Crippen LogP contribution >= 0.6 is 0 Å². The summed E-state index contributed by atoms with van der Waals surface area (Å²) in [6.45, 7) is 0. The van der Waals surface area contributed by atoms with E-state index in [0.29, 0.717) is 11.4 Å². The zero-order valence-corrected chi connectivity index (χ0v) is 15.8. The number of azo groups is 1. The van der Waals surface area contributed by atoms with Gasteiger partial charge in [0.1, 0.15) is 10.6 Å². The molecule has 0 amide bonds. The number of benzene rings is 3. The predicted molar refractivity (Wildman–Crippen MR) is 101 cm³/mol. The molecule has 0 radical (unpaired) electrons. The van der Waals surface area contributed by atoms with Gasteiger partial charge in [0.25, 0.3) is 10.1 Å². The van der Waals surface area contributed by atoms with E-state index < -0.39 is 20.2 Å². The number of hydrogen-bond acceptors (Lipinski definition) is 7. The van der Waals surface area contributed by atoms with E-state index in [1.165, 1.54) is 24.3 Å². The summed E-state index contributed by atoms with van der Waals surface area (Å²) < 4.78 is 60.6.